The smallest absolute Gasteiger partial charge is 0.263 e. The molecule has 8 heterocycles. The molecule has 342 valence electrons. The van der Waals surface area contributed by atoms with Gasteiger partial charge >= 0.3 is 0 Å². The van der Waals surface area contributed by atoms with E-state index in [-0.39, 0.29) is 22.2 Å². The summed E-state index contributed by atoms with van der Waals surface area (Å²) in [5.74, 6) is 0. The van der Waals surface area contributed by atoms with Gasteiger partial charge in [-0.15, -0.1) is 0 Å². The van der Waals surface area contributed by atoms with Crippen molar-refractivity contribution in [3.05, 3.63) is 236 Å². The first-order chi connectivity index (χ1) is 36.4. The first-order valence-electron chi connectivity index (χ1n) is 24.7. The fraction of sp³-hybridized carbons (Fsp3) is 0. The van der Waals surface area contributed by atoms with Gasteiger partial charge in [-0.2, -0.15) is 0 Å². The van der Waals surface area contributed by atoms with Crippen LogP contribution in [0.25, 0.3) is 121 Å². The molecule has 10 aromatic carbocycles. The van der Waals surface area contributed by atoms with Crippen molar-refractivity contribution in [2.45, 2.75) is 0 Å². The molecular formula is C64H32N6O4. The predicted molar refractivity (Wildman–Crippen MR) is 298 cm³/mol. The molecule has 10 nitrogen and oxygen atoms in total. The average Bonchev–Trinajstić information content (AvgIpc) is 3.62. The summed E-state index contributed by atoms with van der Waals surface area (Å²) in [6.45, 7) is 0. The Morgan fingerprint density at radius 3 is 0.932 bits per heavy atom. The number of aromatic nitrogens is 4. The Labute approximate surface area is 416 Å². The molecule has 0 saturated carbocycles. The van der Waals surface area contributed by atoms with Crippen molar-refractivity contribution in [2.75, 3.05) is 9.80 Å². The molecule has 0 N–H and O–H groups in total. The molecule has 0 saturated heterocycles. The highest BCUT2D eigenvalue weighted by Gasteiger charge is 2.39. The van der Waals surface area contributed by atoms with Crippen molar-refractivity contribution in [3.63, 3.8) is 0 Å². The summed E-state index contributed by atoms with van der Waals surface area (Å²) >= 11 is 0. The number of rotatable bonds is 1. The van der Waals surface area contributed by atoms with Gasteiger partial charge in [0.1, 0.15) is 0 Å². The van der Waals surface area contributed by atoms with Crippen molar-refractivity contribution in [1.29, 1.82) is 0 Å². The van der Waals surface area contributed by atoms with Crippen LogP contribution in [-0.4, -0.2) is 18.3 Å². The molecular weight excluding hydrogens is 917 g/mol. The van der Waals surface area contributed by atoms with E-state index in [0.29, 0.717) is 27.2 Å². The summed E-state index contributed by atoms with van der Waals surface area (Å²) < 4.78 is 7.36. The Bertz CT molecular complexity index is 5390. The van der Waals surface area contributed by atoms with Gasteiger partial charge in [0.05, 0.1) is 78.9 Å². The second-order valence-corrected chi connectivity index (χ2v) is 19.8. The standard InChI is InChI=1S/C64H32N6O4/c71-61-39-17-5-3-15-37(39)45-32-46-42-29-33(25-27-41(42)64(74)69-51-23-11-8-20-48(51)65-47-19-7-10-22-50(47)67(61)55(45)59(65)58(46)69)34-26-28-53-54(30-34)66-49-21-9-12-24-52(49)68-56-43(35-13-1-4-16-38(35)62(68)72)31-44-36-14-2-6-18-40(36)63(73)70(53)57(44)60(56)66/h1-32H. The number of anilines is 6. The Morgan fingerprint density at radius 1 is 0.216 bits per heavy atom. The van der Waals surface area contributed by atoms with Crippen LogP contribution in [0.15, 0.2) is 213 Å². The van der Waals surface area contributed by atoms with Gasteiger partial charge in [-0.3, -0.25) is 37.4 Å². The van der Waals surface area contributed by atoms with Gasteiger partial charge in [-0.05, 0) is 124 Å². The predicted octanol–water partition coefficient (Wildman–Crippen LogP) is 13.4. The maximum Gasteiger partial charge on any atom is 0.263 e. The lowest BCUT2D eigenvalue weighted by Gasteiger charge is -2.40. The van der Waals surface area contributed by atoms with E-state index in [9.17, 15) is 9.59 Å². The first kappa shape index (κ1) is 38.4. The minimum atomic E-state index is -0.160. The minimum absolute atomic E-state index is 0.116. The van der Waals surface area contributed by atoms with Crippen LogP contribution in [0, 0.1) is 0 Å². The molecule has 0 aliphatic carbocycles. The lowest BCUT2D eigenvalue weighted by molar-refractivity contribution is 0.986. The molecule has 0 unspecified atom stereocenters. The van der Waals surface area contributed by atoms with E-state index >= 15 is 9.59 Å². The normalized spacial score (nSPS) is 13.3. The SMILES string of the molecule is O=c1c2ccccc2c2cc3c4ccccc4c(=O)n4c3c3c2n1-c1ccccc1N3c1cc(-c2ccc3c(=O)n5c6c7c8c(cc6c3c2)c2ccccc2c(=O)n8-c2ccccc2N7c2ccccc2-5)ccc1-4. The minimum Gasteiger partial charge on any atom is -0.302 e. The van der Waals surface area contributed by atoms with Crippen molar-refractivity contribution in [2.24, 2.45) is 0 Å². The largest absolute Gasteiger partial charge is 0.302 e. The second-order valence-electron chi connectivity index (χ2n) is 19.8. The van der Waals surface area contributed by atoms with E-state index in [1.54, 1.807) is 0 Å². The Balaban J connectivity index is 0.966. The number of benzene rings is 10. The molecule has 74 heavy (non-hydrogen) atoms. The number of hydrogen-bond donors (Lipinski definition) is 0. The van der Waals surface area contributed by atoms with Gasteiger partial charge in [0.15, 0.2) is 0 Å². The summed E-state index contributed by atoms with van der Waals surface area (Å²) in [5.41, 5.74) is 12.0. The molecule has 4 aliphatic heterocycles. The Morgan fingerprint density at radius 2 is 0.514 bits per heavy atom. The van der Waals surface area contributed by atoms with Crippen LogP contribution in [0.1, 0.15) is 0 Å². The fourth-order valence-electron chi connectivity index (χ4n) is 13.4. The van der Waals surface area contributed by atoms with Gasteiger partial charge in [-0.25, -0.2) is 0 Å². The zero-order valence-corrected chi connectivity index (χ0v) is 38.8. The van der Waals surface area contributed by atoms with Gasteiger partial charge in [0, 0.05) is 43.1 Å². The van der Waals surface area contributed by atoms with Crippen LogP contribution in [0.4, 0.5) is 34.1 Å². The third kappa shape index (κ3) is 4.31. The van der Waals surface area contributed by atoms with Gasteiger partial charge < -0.3 is 9.80 Å². The molecule has 0 radical (unpaired) electrons. The lowest BCUT2D eigenvalue weighted by atomic mass is 9.92. The molecule has 10 heteroatoms. The van der Waals surface area contributed by atoms with E-state index < -0.39 is 0 Å². The maximum absolute atomic E-state index is 15.4. The van der Waals surface area contributed by atoms with Gasteiger partial charge in [0.25, 0.3) is 22.2 Å². The van der Waals surface area contributed by atoms with Crippen LogP contribution < -0.4 is 32.0 Å². The van der Waals surface area contributed by atoms with Gasteiger partial charge in [0.2, 0.25) is 0 Å². The molecule has 0 spiro atoms. The molecule has 0 amide bonds. The topological polar surface area (TPSA) is 94.5 Å². The number of nitrogens with zero attached hydrogens (tertiary/aromatic N) is 6. The zero-order valence-electron chi connectivity index (χ0n) is 38.8. The van der Waals surface area contributed by atoms with Crippen LogP contribution >= 0.6 is 0 Å². The number of pyridine rings is 4. The fourth-order valence-corrected chi connectivity index (χ4v) is 13.4. The highest BCUT2D eigenvalue weighted by Crippen LogP contribution is 2.57. The molecule has 4 aromatic heterocycles. The van der Waals surface area contributed by atoms with Gasteiger partial charge in [-0.1, -0.05) is 103 Å². The molecule has 0 fully saturated rings. The third-order valence-corrected chi connectivity index (χ3v) is 16.4. The molecule has 0 atom stereocenters. The van der Waals surface area contributed by atoms with Crippen molar-refractivity contribution < 1.29 is 0 Å². The number of para-hydroxylation sites is 6. The van der Waals surface area contributed by atoms with Crippen molar-refractivity contribution in [3.8, 4) is 33.9 Å². The van der Waals surface area contributed by atoms with E-state index in [4.69, 9.17) is 0 Å². The summed E-state index contributed by atoms with van der Waals surface area (Å²) in [6, 6.07) is 64.0. The summed E-state index contributed by atoms with van der Waals surface area (Å²) in [7, 11) is 0. The quantitative estimate of drug-likeness (QED) is 0.120. The highest BCUT2D eigenvalue weighted by molar-refractivity contribution is 6.28. The van der Waals surface area contributed by atoms with Crippen LogP contribution in [-0.2, 0) is 0 Å². The van der Waals surface area contributed by atoms with Crippen LogP contribution in [0.5, 0.6) is 0 Å². The van der Waals surface area contributed by atoms with Crippen molar-refractivity contribution >= 4 is 121 Å². The van der Waals surface area contributed by atoms with Crippen LogP contribution in [0.3, 0.4) is 0 Å². The first-order valence-corrected chi connectivity index (χ1v) is 24.7. The number of hydrogen-bond acceptors (Lipinski definition) is 6. The van der Waals surface area contributed by atoms with E-state index in [2.05, 4.69) is 40.1 Å². The summed E-state index contributed by atoms with van der Waals surface area (Å²) in [6.07, 6.45) is 0. The lowest BCUT2D eigenvalue weighted by Crippen LogP contribution is -2.32. The van der Waals surface area contributed by atoms with E-state index in [1.807, 2.05) is 182 Å². The third-order valence-electron chi connectivity index (χ3n) is 16.4. The summed E-state index contributed by atoms with van der Waals surface area (Å²) in [5, 5.41) is 9.30. The molecule has 0 bridgehead atoms. The van der Waals surface area contributed by atoms with Crippen molar-refractivity contribution in [1.82, 2.24) is 18.3 Å². The number of fused-ring (bicyclic) bond motifs is 20. The highest BCUT2D eigenvalue weighted by atomic mass is 16.1. The Kier molecular flexibility index (Phi) is 6.73. The zero-order chi connectivity index (χ0) is 48.6. The molecule has 18 rings (SSSR count). The average molecular weight is 949 g/mol. The van der Waals surface area contributed by atoms with E-state index in [0.717, 1.165) is 127 Å². The molecule has 4 aliphatic rings. The molecule has 14 aromatic rings. The Hall–Kier alpha value is -10.3. The second kappa shape index (κ2) is 13.0. The summed E-state index contributed by atoms with van der Waals surface area (Å²) in [4.78, 5) is 64.7. The monoisotopic (exact) mass is 948 g/mol. The maximum atomic E-state index is 15.4. The van der Waals surface area contributed by atoms with E-state index in [1.165, 1.54) is 0 Å². The van der Waals surface area contributed by atoms with Crippen LogP contribution in [0.2, 0.25) is 0 Å².